The SMILES string of the molecule is CCc1nnc(SCC(=O)O)n1CCn1cccn1. The molecule has 0 aliphatic carbocycles. The third-order valence-corrected chi connectivity index (χ3v) is 3.50. The van der Waals surface area contributed by atoms with Crippen molar-refractivity contribution in [1.29, 1.82) is 0 Å². The zero-order chi connectivity index (χ0) is 13.7. The Bertz CT molecular complexity index is 537. The summed E-state index contributed by atoms with van der Waals surface area (Å²) in [6, 6.07) is 1.87. The van der Waals surface area contributed by atoms with E-state index in [0.29, 0.717) is 18.2 Å². The van der Waals surface area contributed by atoms with Gasteiger partial charge in [0.15, 0.2) is 5.16 Å². The zero-order valence-corrected chi connectivity index (χ0v) is 11.4. The van der Waals surface area contributed by atoms with Gasteiger partial charge in [0, 0.05) is 25.4 Å². The van der Waals surface area contributed by atoms with Crippen molar-refractivity contribution in [3.63, 3.8) is 0 Å². The lowest BCUT2D eigenvalue weighted by atomic mass is 10.4. The molecule has 8 heteroatoms. The first kappa shape index (κ1) is 13.6. The maximum atomic E-state index is 10.6. The number of aliphatic carboxylic acids is 1. The monoisotopic (exact) mass is 281 g/mol. The van der Waals surface area contributed by atoms with E-state index in [1.54, 1.807) is 6.20 Å². The molecule has 0 saturated heterocycles. The number of carbonyl (C=O) groups is 1. The fraction of sp³-hybridized carbons (Fsp3) is 0.455. The van der Waals surface area contributed by atoms with Crippen LogP contribution in [0.15, 0.2) is 23.6 Å². The lowest BCUT2D eigenvalue weighted by molar-refractivity contribution is -0.133. The molecule has 102 valence electrons. The number of thioether (sulfide) groups is 1. The summed E-state index contributed by atoms with van der Waals surface area (Å²) in [5, 5.41) is 21.6. The van der Waals surface area contributed by atoms with Crippen LogP contribution in [0.5, 0.6) is 0 Å². The molecular weight excluding hydrogens is 266 g/mol. The highest BCUT2D eigenvalue weighted by Crippen LogP contribution is 2.17. The fourth-order valence-corrected chi connectivity index (χ4v) is 2.38. The molecule has 1 N–H and O–H groups in total. The summed E-state index contributed by atoms with van der Waals surface area (Å²) in [6.45, 7) is 3.39. The Hall–Kier alpha value is -1.83. The minimum atomic E-state index is -0.857. The minimum absolute atomic E-state index is 0.0103. The number of aromatic nitrogens is 5. The molecule has 0 unspecified atom stereocenters. The largest absolute Gasteiger partial charge is 0.481 e. The third-order valence-electron chi connectivity index (χ3n) is 2.55. The molecule has 2 aromatic rings. The van der Waals surface area contributed by atoms with Gasteiger partial charge in [0.05, 0.1) is 12.3 Å². The van der Waals surface area contributed by atoms with E-state index in [0.717, 1.165) is 12.2 Å². The summed E-state index contributed by atoms with van der Waals surface area (Å²) < 4.78 is 3.78. The second kappa shape index (κ2) is 6.37. The third kappa shape index (κ3) is 3.57. The van der Waals surface area contributed by atoms with E-state index >= 15 is 0 Å². The van der Waals surface area contributed by atoms with Crippen LogP contribution in [0.2, 0.25) is 0 Å². The molecule has 0 aliphatic rings. The van der Waals surface area contributed by atoms with Crippen LogP contribution in [0.3, 0.4) is 0 Å². The van der Waals surface area contributed by atoms with Gasteiger partial charge in [-0.15, -0.1) is 10.2 Å². The summed E-state index contributed by atoms with van der Waals surface area (Å²) in [7, 11) is 0. The van der Waals surface area contributed by atoms with Crippen molar-refractivity contribution in [3.8, 4) is 0 Å². The highest BCUT2D eigenvalue weighted by Gasteiger charge is 2.12. The van der Waals surface area contributed by atoms with Gasteiger partial charge >= 0.3 is 5.97 Å². The van der Waals surface area contributed by atoms with E-state index in [9.17, 15) is 4.79 Å². The molecule has 0 bridgehead atoms. The molecule has 0 spiro atoms. The van der Waals surface area contributed by atoms with Gasteiger partial charge in [0.25, 0.3) is 0 Å². The second-order valence-electron chi connectivity index (χ2n) is 3.86. The van der Waals surface area contributed by atoms with Crippen LogP contribution in [-0.2, 0) is 24.3 Å². The number of hydrogen-bond acceptors (Lipinski definition) is 5. The zero-order valence-electron chi connectivity index (χ0n) is 10.6. The van der Waals surface area contributed by atoms with Crippen molar-refractivity contribution >= 4 is 17.7 Å². The molecule has 0 amide bonds. The van der Waals surface area contributed by atoms with Gasteiger partial charge < -0.3 is 9.67 Å². The van der Waals surface area contributed by atoms with E-state index in [1.807, 2.05) is 28.4 Å². The number of carboxylic acids is 1. The van der Waals surface area contributed by atoms with Crippen molar-refractivity contribution in [2.45, 2.75) is 31.6 Å². The first-order chi connectivity index (χ1) is 9.20. The molecule has 0 radical (unpaired) electrons. The molecule has 0 aliphatic heterocycles. The van der Waals surface area contributed by atoms with Gasteiger partial charge in [0.2, 0.25) is 0 Å². The van der Waals surface area contributed by atoms with Crippen LogP contribution in [0, 0.1) is 0 Å². The minimum Gasteiger partial charge on any atom is -0.481 e. The Morgan fingerprint density at radius 3 is 2.89 bits per heavy atom. The highest BCUT2D eigenvalue weighted by atomic mass is 32.2. The van der Waals surface area contributed by atoms with Crippen molar-refractivity contribution in [2.24, 2.45) is 0 Å². The van der Waals surface area contributed by atoms with Crippen LogP contribution >= 0.6 is 11.8 Å². The maximum absolute atomic E-state index is 10.6. The molecule has 7 nitrogen and oxygen atoms in total. The highest BCUT2D eigenvalue weighted by molar-refractivity contribution is 7.99. The first-order valence-corrected chi connectivity index (χ1v) is 6.93. The predicted molar refractivity (Wildman–Crippen MR) is 70.0 cm³/mol. The molecule has 0 atom stereocenters. The topological polar surface area (TPSA) is 85.8 Å². The molecule has 2 aromatic heterocycles. The standard InChI is InChI=1S/C11H15N5O2S/c1-2-9-13-14-11(19-8-10(17)18)16(9)7-6-15-5-3-4-12-15/h3-5H,2,6-8H2,1H3,(H,17,18). The van der Waals surface area contributed by atoms with Crippen LogP contribution in [0.1, 0.15) is 12.7 Å². The van der Waals surface area contributed by atoms with Crippen LogP contribution in [0.25, 0.3) is 0 Å². The number of hydrogen-bond donors (Lipinski definition) is 1. The Balaban J connectivity index is 2.07. The summed E-state index contributed by atoms with van der Waals surface area (Å²) in [5.74, 6) is -0.00593. The number of aryl methyl sites for hydroxylation is 2. The summed E-state index contributed by atoms with van der Waals surface area (Å²) in [5.41, 5.74) is 0. The average Bonchev–Trinajstić information content (AvgIpc) is 3.02. The lowest BCUT2D eigenvalue weighted by Crippen LogP contribution is -2.12. The molecule has 0 aromatic carbocycles. The fourth-order valence-electron chi connectivity index (χ4n) is 1.67. The first-order valence-electron chi connectivity index (χ1n) is 5.94. The molecule has 19 heavy (non-hydrogen) atoms. The van der Waals surface area contributed by atoms with E-state index in [4.69, 9.17) is 5.11 Å². The number of nitrogens with zero attached hydrogens (tertiary/aromatic N) is 5. The number of carboxylic acid groups (broad SMARTS) is 1. The maximum Gasteiger partial charge on any atom is 0.313 e. The van der Waals surface area contributed by atoms with Gasteiger partial charge in [-0.1, -0.05) is 18.7 Å². The Morgan fingerprint density at radius 2 is 2.26 bits per heavy atom. The van der Waals surface area contributed by atoms with Crippen molar-refractivity contribution < 1.29 is 9.90 Å². The number of rotatable bonds is 7. The van der Waals surface area contributed by atoms with Crippen LogP contribution in [-0.4, -0.2) is 41.4 Å². The summed E-state index contributed by atoms with van der Waals surface area (Å²) in [6.07, 6.45) is 4.38. The Morgan fingerprint density at radius 1 is 1.42 bits per heavy atom. The Kier molecular flexibility index (Phi) is 4.56. The van der Waals surface area contributed by atoms with Gasteiger partial charge in [-0.05, 0) is 6.07 Å². The van der Waals surface area contributed by atoms with E-state index in [2.05, 4.69) is 15.3 Å². The molecule has 0 fully saturated rings. The normalized spacial score (nSPS) is 10.8. The molecule has 0 saturated carbocycles. The van der Waals surface area contributed by atoms with Gasteiger partial charge in [0.1, 0.15) is 5.82 Å². The van der Waals surface area contributed by atoms with E-state index in [-0.39, 0.29) is 5.75 Å². The van der Waals surface area contributed by atoms with Gasteiger partial charge in [-0.3, -0.25) is 9.48 Å². The molecule has 2 heterocycles. The van der Waals surface area contributed by atoms with Crippen LogP contribution < -0.4 is 0 Å². The molecule has 2 rings (SSSR count). The quantitative estimate of drug-likeness (QED) is 0.759. The Labute approximate surface area is 114 Å². The predicted octanol–water partition coefficient (Wildman–Crippen LogP) is 0.914. The second-order valence-corrected chi connectivity index (χ2v) is 4.80. The van der Waals surface area contributed by atoms with E-state index < -0.39 is 5.97 Å². The lowest BCUT2D eigenvalue weighted by Gasteiger charge is -2.08. The van der Waals surface area contributed by atoms with Gasteiger partial charge in [-0.2, -0.15) is 5.10 Å². The van der Waals surface area contributed by atoms with Crippen molar-refractivity contribution in [2.75, 3.05) is 5.75 Å². The average molecular weight is 281 g/mol. The smallest absolute Gasteiger partial charge is 0.313 e. The van der Waals surface area contributed by atoms with E-state index in [1.165, 1.54) is 11.8 Å². The van der Waals surface area contributed by atoms with Crippen molar-refractivity contribution in [3.05, 3.63) is 24.3 Å². The summed E-state index contributed by atoms with van der Waals surface area (Å²) in [4.78, 5) is 10.6. The van der Waals surface area contributed by atoms with Gasteiger partial charge in [-0.25, -0.2) is 0 Å². The molecular formula is C11H15N5O2S. The van der Waals surface area contributed by atoms with Crippen molar-refractivity contribution in [1.82, 2.24) is 24.5 Å². The van der Waals surface area contributed by atoms with Crippen LogP contribution in [0.4, 0.5) is 0 Å². The summed E-state index contributed by atoms with van der Waals surface area (Å²) >= 11 is 1.19.